The first-order chi connectivity index (χ1) is 17.2. The Morgan fingerprint density at radius 1 is 1.06 bits per heavy atom. The molecule has 6 nitrogen and oxygen atoms in total. The van der Waals surface area contributed by atoms with Gasteiger partial charge in [-0.15, -0.1) is 11.3 Å². The first-order valence-electron chi connectivity index (χ1n) is 12.6. The Morgan fingerprint density at radius 3 is 2.31 bits per heavy atom. The largest absolute Gasteiger partial charge is 0.444 e. The molecule has 2 unspecified atom stereocenters. The zero-order valence-electron chi connectivity index (χ0n) is 21.6. The SMILES string of the molecule is CCC(O)c1cnc(CC[C@H](O)[C@@H](NC(=O)OC(C)(C)C)C(Cc2ccccc2)c2ccccc2)s1. The zero-order valence-corrected chi connectivity index (χ0v) is 22.4. The molecule has 7 heteroatoms. The molecule has 0 radical (unpaired) electrons. The molecule has 36 heavy (non-hydrogen) atoms. The fourth-order valence-electron chi connectivity index (χ4n) is 4.18. The molecule has 0 fully saturated rings. The molecular weight excluding hydrogens is 472 g/mol. The number of carbonyl (C=O) groups excluding carboxylic acids is 1. The van der Waals surface area contributed by atoms with Crippen LogP contribution in [0.3, 0.4) is 0 Å². The van der Waals surface area contributed by atoms with Crippen LogP contribution in [0.1, 0.15) is 73.6 Å². The van der Waals surface area contributed by atoms with Crippen molar-refractivity contribution in [3.63, 3.8) is 0 Å². The maximum absolute atomic E-state index is 12.9. The summed E-state index contributed by atoms with van der Waals surface area (Å²) in [5.41, 5.74) is 1.50. The zero-order chi connectivity index (χ0) is 26.1. The van der Waals surface area contributed by atoms with Gasteiger partial charge >= 0.3 is 6.09 Å². The highest BCUT2D eigenvalue weighted by molar-refractivity contribution is 7.11. The number of rotatable bonds is 11. The van der Waals surface area contributed by atoms with Gasteiger partial charge in [-0.3, -0.25) is 0 Å². The molecule has 4 atom stereocenters. The van der Waals surface area contributed by atoms with Gasteiger partial charge in [0.1, 0.15) is 5.60 Å². The average molecular weight is 511 g/mol. The van der Waals surface area contributed by atoms with Gasteiger partial charge in [-0.2, -0.15) is 0 Å². The van der Waals surface area contributed by atoms with E-state index < -0.39 is 29.9 Å². The Bertz CT molecular complexity index is 1070. The summed E-state index contributed by atoms with van der Waals surface area (Å²) in [6.07, 6.45) is 2.03. The van der Waals surface area contributed by atoms with Crippen molar-refractivity contribution in [2.75, 3.05) is 0 Å². The van der Waals surface area contributed by atoms with Crippen molar-refractivity contribution in [3.8, 4) is 0 Å². The molecule has 194 valence electrons. The molecule has 1 amide bonds. The molecule has 3 aromatic rings. The van der Waals surface area contributed by atoms with E-state index in [1.165, 1.54) is 11.3 Å². The maximum atomic E-state index is 12.9. The number of nitrogens with zero attached hydrogens (tertiary/aromatic N) is 1. The number of alkyl carbamates (subject to hydrolysis) is 1. The highest BCUT2D eigenvalue weighted by Gasteiger charge is 2.33. The van der Waals surface area contributed by atoms with E-state index in [4.69, 9.17) is 4.74 Å². The highest BCUT2D eigenvalue weighted by Crippen LogP contribution is 2.29. The fourth-order valence-corrected chi connectivity index (χ4v) is 5.18. The molecule has 0 spiro atoms. The topological polar surface area (TPSA) is 91.7 Å². The number of thiazole rings is 1. The molecule has 0 aliphatic heterocycles. The van der Waals surface area contributed by atoms with Gasteiger partial charge in [-0.05, 0) is 51.2 Å². The van der Waals surface area contributed by atoms with E-state index in [1.54, 1.807) is 6.20 Å². The number of hydrogen-bond acceptors (Lipinski definition) is 6. The van der Waals surface area contributed by atoms with Gasteiger partial charge in [-0.1, -0.05) is 67.6 Å². The summed E-state index contributed by atoms with van der Waals surface area (Å²) >= 11 is 1.46. The van der Waals surface area contributed by atoms with Crippen LogP contribution in [0, 0.1) is 0 Å². The number of amides is 1. The maximum Gasteiger partial charge on any atom is 0.407 e. The van der Waals surface area contributed by atoms with Crippen LogP contribution in [0.4, 0.5) is 4.79 Å². The third-order valence-corrected chi connectivity index (χ3v) is 7.16. The minimum absolute atomic E-state index is 0.176. The monoisotopic (exact) mass is 510 g/mol. The summed E-state index contributed by atoms with van der Waals surface area (Å²) in [5, 5.41) is 25.4. The molecule has 1 aromatic heterocycles. The number of aliphatic hydroxyl groups is 2. The van der Waals surface area contributed by atoms with Crippen molar-refractivity contribution < 1.29 is 19.7 Å². The summed E-state index contributed by atoms with van der Waals surface area (Å²) < 4.78 is 5.56. The number of ether oxygens (including phenoxy) is 1. The lowest BCUT2D eigenvalue weighted by Crippen LogP contribution is -2.49. The lowest BCUT2D eigenvalue weighted by molar-refractivity contribution is 0.0384. The summed E-state index contributed by atoms with van der Waals surface area (Å²) in [6.45, 7) is 7.39. The van der Waals surface area contributed by atoms with Gasteiger partial charge < -0.3 is 20.3 Å². The second kappa shape index (κ2) is 13.0. The molecule has 1 heterocycles. The van der Waals surface area contributed by atoms with Crippen LogP contribution in [-0.4, -0.2) is 39.0 Å². The molecule has 3 rings (SSSR count). The number of benzene rings is 2. The number of hydrogen-bond donors (Lipinski definition) is 3. The van der Waals surface area contributed by atoms with E-state index in [0.29, 0.717) is 25.7 Å². The standard InChI is InChI=1S/C29H38N2O4S/c1-5-23(32)25-19-30-26(36-25)17-16-24(33)27(31-28(34)35-29(2,3)4)22(21-14-10-7-11-15-21)18-20-12-8-6-9-13-20/h6-15,19,22-24,27,32-33H,5,16-18H2,1-4H3,(H,31,34)/t22?,23?,24-,27-/m0/s1. The normalized spacial score (nSPS) is 15.1. The van der Waals surface area contributed by atoms with Gasteiger partial charge in [0, 0.05) is 18.5 Å². The summed E-state index contributed by atoms with van der Waals surface area (Å²) in [4.78, 5) is 18.1. The van der Waals surface area contributed by atoms with E-state index in [1.807, 2.05) is 76.2 Å². The molecule has 0 saturated carbocycles. The van der Waals surface area contributed by atoms with Gasteiger partial charge in [0.25, 0.3) is 0 Å². The number of aromatic nitrogens is 1. The Morgan fingerprint density at radius 2 is 1.69 bits per heavy atom. The third kappa shape index (κ3) is 8.43. The Hall–Kier alpha value is -2.74. The number of aryl methyl sites for hydroxylation is 1. The molecule has 3 N–H and O–H groups in total. The van der Waals surface area contributed by atoms with Gasteiger partial charge in [-0.25, -0.2) is 9.78 Å². The minimum Gasteiger partial charge on any atom is -0.444 e. The second-order valence-corrected chi connectivity index (χ2v) is 11.2. The van der Waals surface area contributed by atoms with Crippen molar-refractivity contribution >= 4 is 17.4 Å². The second-order valence-electron chi connectivity index (χ2n) is 10.1. The molecule has 0 aliphatic rings. The fraction of sp³-hybridized carbons (Fsp3) is 0.448. The van der Waals surface area contributed by atoms with Crippen LogP contribution < -0.4 is 5.32 Å². The summed E-state index contributed by atoms with van der Waals surface area (Å²) in [6, 6.07) is 19.5. The van der Waals surface area contributed by atoms with E-state index in [2.05, 4.69) is 22.4 Å². The van der Waals surface area contributed by atoms with Crippen molar-refractivity contribution in [1.82, 2.24) is 10.3 Å². The van der Waals surface area contributed by atoms with Crippen molar-refractivity contribution in [2.45, 2.75) is 83.1 Å². The quantitative estimate of drug-likeness (QED) is 0.303. The molecule has 0 aliphatic carbocycles. The summed E-state index contributed by atoms with van der Waals surface area (Å²) in [5.74, 6) is -0.176. The van der Waals surface area contributed by atoms with E-state index in [9.17, 15) is 15.0 Å². The van der Waals surface area contributed by atoms with Crippen molar-refractivity contribution in [1.29, 1.82) is 0 Å². The number of aliphatic hydroxyl groups excluding tert-OH is 2. The van der Waals surface area contributed by atoms with Crippen LogP contribution in [0.5, 0.6) is 0 Å². The van der Waals surface area contributed by atoms with E-state index in [-0.39, 0.29) is 5.92 Å². The Kier molecular flexibility index (Phi) is 10.0. The third-order valence-electron chi connectivity index (χ3n) is 6.00. The number of nitrogens with one attached hydrogen (secondary N) is 1. The van der Waals surface area contributed by atoms with Gasteiger partial charge in [0.2, 0.25) is 0 Å². The molecular formula is C29H38N2O4S. The average Bonchev–Trinajstić information content (AvgIpc) is 3.33. The predicted octanol–water partition coefficient (Wildman–Crippen LogP) is 5.80. The van der Waals surface area contributed by atoms with Gasteiger partial charge in [0.05, 0.1) is 28.1 Å². The van der Waals surface area contributed by atoms with Crippen LogP contribution in [-0.2, 0) is 17.6 Å². The van der Waals surface area contributed by atoms with Crippen LogP contribution in [0.25, 0.3) is 0 Å². The van der Waals surface area contributed by atoms with Gasteiger partial charge in [0.15, 0.2) is 0 Å². The lowest BCUT2D eigenvalue weighted by atomic mass is 9.82. The Balaban J connectivity index is 1.86. The van der Waals surface area contributed by atoms with E-state index >= 15 is 0 Å². The van der Waals surface area contributed by atoms with Crippen LogP contribution >= 0.6 is 11.3 Å². The van der Waals surface area contributed by atoms with Crippen molar-refractivity contribution in [3.05, 3.63) is 87.9 Å². The molecule has 0 saturated heterocycles. The summed E-state index contributed by atoms with van der Waals surface area (Å²) in [7, 11) is 0. The molecule has 2 aromatic carbocycles. The van der Waals surface area contributed by atoms with E-state index in [0.717, 1.165) is 21.0 Å². The lowest BCUT2D eigenvalue weighted by Gasteiger charge is -2.33. The van der Waals surface area contributed by atoms with Crippen molar-refractivity contribution in [2.24, 2.45) is 0 Å². The highest BCUT2D eigenvalue weighted by atomic mass is 32.1. The smallest absolute Gasteiger partial charge is 0.407 e. The Labute approximate surface area is 218 Å². The molecule has 0 bridgehead atoms. The number of carbonyl (C=O) groups is 1. The minimum atomic E-state index is -0.838. The first-order valence-corrected chi connectivity index (χ1v) is 13.4. The predicted molar refractivity (Wildman–Crippen MR) is 144 cm³/mol. The first kappa shape index (κ1) is 27.8. The van der Waals surface area contributed by atoms with Crippen LogP contribution in [0.2, 0.25) is 0 Å². The van der Waals surface area contributed by atoms with Crippen LogP contribution in [0.15, 0.2) is 66.9 Å².